The van der Waals surface area contributed by atoms with E-state index in [1.165, 1.54) is 29.2 Å². The van der Waals surface area contributed by atoms with Gasteiger partial charge in [-0.05, 0) is 55.8 Å². The summed E-state index contributed by atoms with van der Waals surface area (Å²) in [7, 11) is 0. The van der Waals surface area contributed by atoms with Crippen molar-refractivity contribution >= 4 is 17.3 Å². The molecule has 0 radical (unpaired) electrons. The Kier molecular flexibility index (Phi) is 6.49. The smallest absolute Gasteiger partial charge is 0.256 e. The molecule has 1 saturated heterocycles. The van der Waals surface area contributed by atoms with Crippen LogP contribution in [-0.4, -0.2) is 47.7 Å². The summed E-state index contributed by atoms with van der Waals surface area (Å²) in [5, 5.41) is 16.5. The van der Waals surface area contributed by atoms with Crippen LogP contribution >= 0.6 is 0 Å². The van der Waals surface area contributed by atoms with Crippen molar-refractivity contribution in [3.8, 4) is 0 Å². The van der Waals surface area contributed by atoms with Crippen LogP contribution in [0.1, 0.15) is 35.7 Å². The van der Waals surface area contributed by atoms with E-state index in [-0.39, 0.29) is 35.9 Å². The molecule has 29 heavy (non-hydrogen) atoms. The van der Waals surface area contributed by atoms with Crippen molar-refractivity contribution in [2.24, 2.45) is 0 Å². The van der Waals surface area contributed by atoms with Crippen LogP contribution in [0.3, 0.4) is 0 Å². The number of anilines is 2. The lowest BCUT2D eigenvalue weighted by atomic mass is 9.92. The van der Waals surface area contributed by atoms with Gasteiger partial charge in [-0.1, -0.05) is 19.4 Å². The molecule has 7 heteroatoms. The van der Waals surface area contributed by atoms with E-state index in [0.717, 1.165) is 24.9 Å². The number of aryl methyl sites for hydroxylation is 1. The lowest BCUT2D eigenvalue weighted by Gasteiger charge is -2.46. The SMILES string of the molecule is CCCCNCC1(O)CN(C(=O)c2ccc(F)cc2Nc2ccc(C)cc2F)C1. The number of amides is 1. The minimum atomic E-state index is -0.958. The third-order valence-electron chi connectivity index (χ3n) is 5.02. The van der Waals surface area contributed by atoms with E-state index in [9.17, 15) is 18.7 Å². The van der Waals surface area contributed by atoms with E-state index < -0.39 is 17.2 Å². The van der Waals surface area contributed by atoms with Crippen LogP contribution in [-0.2, 0) is 0 Å². The second-order valence-corrected chi connectivity index (χ2v) is 7.71. The van der Waals surface area contributed by atoms with Crippen molar-refractivity contribution in [2.75, 3.05) is 31.5 Å². The highest BCUT2D eigenvalue weighted by Gasteiger charge is 2.43. The van der Waals surface area contributed by atoms with Crippen molar-refractivity contribution in [1.82, 2.24) is 10.2 Å². The van der Waals surface area contributed by atoms with Crippen LogP contribution in [0.2, 0.25) is 0 Å². The summed E-state index contributed by atoms with van der Waals surface area (Å²) in [6.07, 6.45) is 2.09. The largest absolute Gasteiger partial charge is 0.385 e. The number of benzene rings is 2. The van der Waals surface area contributed by atoms with Gasteiger partial charge in [-0.3, -0.25) is 4.79 Å². The Morgan fingerprint density at radius 1 is 1.17 bits per heavy atom. The topological polar surface area (TPSA) is 64.6 Å². The Morgan fingerprint density at radius 3 is 2.62 bits per heavy atom. The van der Waals surface area contributed by atoms with E-state index in [4.69, 9.17) is 0 Å². The molecule has 0 aromatic heterocycles. The molecule has 2 aromatic rings. The maximum absolute atomic E-state index is 14.2. The number of carbonyl (C=O) groups excluding carboxylic acids is 1. The Labute approximate surface area is 169 Å². The highest BCUT2D eigenvalue weighted by molar-refractivity contribution is 6.01. The summed E-state index contributed by atoms with van der Waals surface area (Å²) in [5.41, 5.74) is 0.383. The van der Waals surface area contributed by atoms with Crippen molar-refractivity contribution in [3.63, 3.8) is 0 Å². The van der Waals surface area contributed by atoms with Crippen LogP contribution in [0.5, 0.6) is 0 Å². The first kappa shape index (κ1) is 21.2. The molecule has 156 valence electrons. The van der Waals surface area contributed by atoms with Crippen molar-refractivity contribution in [3.05, 3.63) is 59.2 Å². The molecule has 1 aliphatic rings. The molecule has 5 nitrogen and oxygen atoms in total. The Morgan fingerprint density at radius 2 is 1.93 bits per heavy atom. The van der Waals surface area contributed by atoms with Gasteiger partial charge in [0, 0.05) is 6.54 Å². The van der Waals surface area contributed by atoms with E-state index in [1.54, 1.807) is 19.1 Å². The number of β-amino-alcohol motifs (C(OH)–C–C–N with tert-alkyl or cyclic N) is 1. The number of halogens is 2. The molecule has 0 spiro atoms. The molecule has 2 aromatic carbocycles. The van der Waals surface area contributed by atoms with Gasteiger partial charge in [0.25, 0.3) is 5.91 Å². The number of likely N-dealkylation sites (tertiary alicyclic amines) is 1. The molecule has 0 atom stereocenters. The summed E-state index contributed by atoms with van der Waals surface area (Å²) in [5.74, 6) is -1.35. The average Bonchev–Trinajstić information content (AvgIpc) is 2.65. The number of nitrogens with zero attached hydrogens (tertiary/aromatic N) is 1. The summed E-state index contributed by atoms with van der Waals surface area (Å²) in [6, 6.07) is 8.39. The standard InChI is InChI=1S/C22H27F2N3O2/c1-3-4-9-25-12-22(29)13-27(14-22)21(28)17-7-6-16(23)11-20(17)26-19-8-5-15(2)10-18(19)24/h5-8,10-11,25-26,29H,3-4,9,12-14H2,1-2H3. The number of hydrogen-bond donors (Lipinski definition) is 3. The second-order valence-electron chi connectivity index (χ2n) is 7.71. The second kappa shape index (κ2) is 8.88. The maximum Gasteiger partial charge on any atom is 0.256 e. The number of nitrogens with one attached hydrogen (secondary N) is 2. The summed E-state index contributed by atoms with van der Waals surface area (Å²) < 4.78 is 28.0. The molecule has 1 aliphatic heterocycles. The number of aliphatic hydroxyl groups is 1. The van der Waals surface area contributed by atoms with Gasteiger partial charge >= 0.3 is 0 Å². The minimum Gasteiger partial charge on any atom is -0.385 e. The number of hydrogen-bond acceptors (Lipinski definition) is 4. The van der Waals surface area contributed by atoms with E-state index >= 15 is 0 Å². The molecule has 3 rings (SSSR count). The average molecular weight is 403 g/mol. The zero-order valence-corrected chi connectivity index (χ0v) is 16.8. The molecule has 0 bridgehead atoms. The molecule has 0 unspecified atom stereocenters. The van der Waals surface area contributed by atoms with Crippen LogP contribution < -0.4 is 10.6 Å². The van der Waals surface area contributed by atoms with Crippen LogP contribution in [0, 0.1) is 18.6 Å². The van der Waals surface area contributed by atoms with Gasteiger partial charge < -0.3 is 20.6 Å². The summed E-state index contributed by atoms with van der Waals surface area (Å²) in [6.45, 7) is 5.49. The summed E-state index contributed by atoms with van der Waals surface area (Å²) in [4.78, 5) is 14.4. The van der Waals surface area contributed by atoms with E-state index in [0.29, 0.717) is 6.54 Å². The van der Waals surface area contributed by atoms with Gasteiger partial charge in [0.15, 0.2) is 0 Å². The lowest BCUT2D eigenvalue weighted by molar-refractivity contribution is -0.0784. The van der Waals surface area contributed by atoms with E-state index in [1.807, 2.05) is 0 Å². The van der Waals surface area contributed by atoms with Crippen molar-refractivity contribution < 1.29 is 18.7 Å². The zero-order chi connectivity index (χ0) is 21.0. The summed E-state index contributed by atoms with van der Waals surface area (Å²) >= 11 is 0. The maximum atomic E-state index is 14.2. The molecule has 0 saturated carbocycles. The Balaban J connectivity index is 1.70. The zero-order valence-electron chi connectivity index (χ0n) is 16.8. The molecule has 1 amide bonds. The fraction of sp³-hybridized carbons (Fsp3) is 0.409. The number of rotatable bonds is 8. The van der Waals surface area contributed by atoms with Gasteiger partial charge in [-0.25, -0.2) is 8.78 Å². The lowest BCUT2D eigenvalue weighted by Crippen LogP contribution is -2.67. The Bertz CT molecular complexity index is 882. The van der Waals surface area contributed by atoms with Crippen LogP contribution in [0.4, 0.5) is 20.2 Å². The highest BCUT2D eigenvalue weighted by atomic mass is 19.1. The molecule has 1 heterocycles. The predicted octanol–water partition coefficient (Wildman–Crippen LogP) is 3.59. The fourth-order valence-electron chi connectivity index (χ4n) is 3.39. The minimum absolute atomic E-state index is 0.162. The highest BCUT2D eigenvalue weighted by Crippen LogP contribution is 2.29. The van der Waals surface area contributed by atoms with Gasteiger partial charge in [-0.2, -0.15) is 0 Å². The van der Waals surface area contributed by atoms with E-state index in [2.05, 4.69) is 17.6 Å². The fourth-order valence-corrected chi connectivity index (χ4v) is 3.39. The van der Waals surface area contributed by atoms with Crippen LogP contribution in [0.15, 0.2) is 36.4 Å². The number of unbranched alkanes of at least 4 members (excludes halogenated alkanes) is 1. The number of carbonyl (C=O) groups is 1. The molecular formula is C22H27F2N3O2. The van der Waals surface area contributed by atoms with Gasteiger partial charge in [0.1, 0.15) is 17.2 Å². The van der Waals surface area contributed by atoms with Gasteiger partial charge in [-0.15, -0.1) is 0 Å². The predicted molar refractivity (Wildman–Crippen MR) is 109 cm³/mol. The monoisotopic (exact) mass is 403 g/mol. The third kappa shape index (κ3) is 5.10. The van der Waals surface area contributed by atoms with Gasteiger partial charge in [0.2, 0.25) is 0 Å². The molecule has 3 N–H and O–H groups in total. The molecular weight excluding hydrogens is 376 g/mol. The first-order valence-electron chi connectivity index (χ1n) is 9.86. The normalized spacial score (nSPS) is 15.1. The quantitative estimate of drug-likeness (QED) is 0.590. The van der Waals surface area contributed by atoms with Crippen molar-refractivity contribution in [2.45, 2.75) is 32.3 Å². The van der Waals surface area contributed by atoms with Crippen molar-refractivity contribution in [1.29, 1.82) is 0 Å². The Hall–Kier alpha value is -2.51. The van der Waals surface area contributed by atoms with Crippen LogP contribution in [0.25, 0.3) is 0 Å². The van der Waals surface area contributed by atoms with Gasteiger partial charge in [0.05, 0.1) is 30.0 Å². The first-order chi connectivity index (χ1) is 13.8. The molecule has 0 aliphatic carbocycles. The molecule has 1 fully saturated rings. The third-order valence-corrected chi connectivity index (χ3v) is 5.02. The first-order valence-corrected chi connectivity index (χ1v) is 9.86.